The minimum absolute atomic E-state index is 0. The molecule has 0 aliphatic carbocycles. The molecular formula is C32H69CaO4P. The fourth-order valence-corrected chi connectivity index (χ4v) is 5.78. The summed E-state index contributed by atoms with van der Waals surface area (Å²) in [5.74, 6) is 0. The molecular weight excluding hydrogens is 519 g/mol. The van der Waals surface area contributed by atoms with E-state index in [1.807, 2.05) is 0 Å². The van der Waals surface area contributed by atoms with E-state index in [0.717, 1.165) is 25.7 Å². The molecule has 6 heteroatoms. The third-order valence-electron chi connectivity index (χ3n) is 7.50. The van der Waals surface area contributed by atoms with Crippen molar-refractivity contribution in [3.63, 3.8) is 0 Å². The standard InChI is InChI=1S/C32H67O4P.Ca.2H/c1-3-5-7-9-11-13-15-17-19-21-23-25-27-29-31-35-37(33,34)36-32-30-28-26-24-22-20-18-16-14-12-10-8-6-4-2;;;/h3-32H2,1-2H3,(H,33,34);;;. The first-order valence-corrected chi connectivity index (χ1v) is 18.2. The molecule has 4 nitrogen and oxygen atoms in total. The van der Waals surface area contributed by atoms with Gasteiger partial charge in [0.15, 0.2) is 0 Å². The molecule has 0 bridgehead atoms. The number of hydrogen-bond donors (Lipinski definition) is 1. The number of hydrogen-bond acceptors (Lipinski definition) is 3. The van der Waals surface area contributed by atoms with Crippen molar-refractivity contribution in [1.82, 2.24) is 0 Å². The van der Waals surface area contributed by atoms with Gasteiger partial charge in [0.05, 0.1) is 13.2 Å². The van der Waals surface area contributed by atoms with E-state index < -0.39 is 7.82 Å². The van der Waals surface area contributed by atoms with E-state index in [0.29, 0.717) is 13.2 Å². The topological polar surface area (TPSA) is 55.8 Å². The van der Waals surface area contributed by atoms with Gasteiger partial charge in [0.1, 0.15) is 0 Å². The van der Waals surface area contributed by atoms with Gasteiger partial charge in [-0.2, -0.15) is 0 Å². The molecule has 1 N–H and O–H groups in total. The van der Waals surface area contributed by atoms with Crippen molar-refractivity contribution in [1.29, 1.82) is 0 Å². The number of phosphoric ester groups is 1. The van der Waals surface area contributed by atoms with Gasteiger partial charge in [0.25, 0.3) is 0 Å². The van der Waals surface area contributed by atoms with Crippen LogP contribution >= 0.6 is 7.82 Å². The Kier molecular flexibility index (Phi) is 37.8. The third kappa shape index (κ3) is 35.4. The molecule has 0 aromatic heterocycles. The van der Waals surface area contributed by atoms with Crippen LogP contribution in [0.2, 0.25) is 0 Å². The molecule has 0 aromatic carbocycles. The predicted octanol–water partition coefficient (Wildman–Crippen LogP) is 11.2. The van der Waals surface area contributed by atoms with Crippen molar-refractivity contribution in [3.8, 4) is 0 Å². The van der Waals surface area contributed by atoms with Gasteiger partial charge in [-0.1, -0.05) is 181 Å². The monoisotopic (exact) mass is 588 g/mol. The summed E-state index contributed by atoms with van der Waals surface area (Å²) >= 11 is 0. The molecule has 0 aromatic rings. The zero-order valence-corrected chi connectivity index (χ0v) is 26.2. The molecule has 0 aliphatic rings. The molecule has 0 amide bonds. The summed E-state index contributed by atoms with van der Waals surface area (Å²) in [5.41, 5.74) is 0. The quantitative estimate of drug-likeness (QED) is 0.0482. The average molecular weight is 589 g/mol. The molecule has 0 heterocycles. The Morgan fingerprint density at radius 3 is 0.789 bits per heavy atom. The van der Waals surface area contributed by atoms with Crippen molar-refractivity contribution in [2.24, 2.45) is 0 Å². The Hall–Kier alpha value is 1.37. The Labute approximate surface area is 269 Å². The van der Waals surface area contributed by atoms with Gasteiger partial charge in [0, 0.05) is 0 Å². The fourth-order valence-electron chi connectivity index (χ4n) is 4.99. The van der Waals surface area contributed by atoms with Crippen LogP contribution in [0.4, 0.5) is 0 Å². The van der Waals surface area contributed by atoms with Gasteiger partial charge in [-0.05, 0) is 12.8 Å². The van der Waals surface area contributed by atoms with Crippen LogP contribution in [0.3, 0.4) is 0 Å². The number of unbranched alkanes of at least 4 members (excludes halogenated alkanes) is 26. The molecule has 0 radical (unpaired) electrons. The molecule has 0 spiro atoms. The first kappa shape index (κ1) is 41.5. The Balaban J connectivity index is 0. The summed E-state index contributed by atoms with van der Waals surface area (Å²) in [5, 5.41) is 0. The molecule has 0 fully saturated rings. The zero-order valence-electron chi connectivity index (χ0n) is 25.3. The van der Waals surface area contributed by atoms with Gasteiger partial charge in [-0.25, -0.2) is 4.57 Å². The van der Waals surface area contributed by atoms with Crippen molar-refractivity contribution < 1.29 is 18.5 Å². The SMILES string of the molecule is CCCCCCCCCCCCCCCCOP(=O)(O)OCCCCCCCCCCCCCCCC.[CaH2]. The average Bonchev–Trinajstić information content (AvgIpc) is 2.88. The van der Waals surface area contributed by atoms with Crippen molar-refractivity contribution in [2.75, 3.05) is 13.2 Å². The summed E-state index contributed by atoms with van der Waals surface area (Å²) in [6.07, 6.45) is 36.4. The molecule has 228 valence electrons. The first-order valence-electron chi connectivity index (χ1n) is 16.7. The van der Waals surface area contributed by atoms with Crippen LogP contribution < -0.4 is 0 Å². The summed E-state index contributed by atoms with van der Waals surface area (Å²) in [6, 6.07) is 0. The van der Waals surface area contributed by atoms with Crippen LogP contribution in [-0.2, 0) is 13.6 Å². The van der Waals surface area contributed by atoms with Gasteiger partial charge in [-0.3, -0.25) is 9.05 Å². The van der Waals surface area contributed by atoms with Crippen LogP contribution in [0.15, 0.2) is 0 Å². The molecule has 0 unspecified atom stereocenters. The van der Waals surface area contributed by atoms with Crippen LogP contribution in [0.1, 0.15) is 194 Å². The van der Waals surface area contributed by atoms with Crippen molar-refractivity contribution >= 4 is 45.6 Å². The second-order valence-electron chi connectivity index (χ2n) is 11.3. The van der Waals surface area contributed by atoms with Crippen molar-refractivity contribution in [3.05, 3.63) is 0 Å². The van der Waals surface area contributed by atoms with Gasteiger partial charge >= 0.3 is 45.6 Å². The molecule has 0 saturated carbocycles. The zero-order chi connectivity index (χ0) is 27.1. The normalized spacial score (nSPS) is 11.7. The summed E-state index contributed by atoms with van der Waals surface area (Å²) in [7, 11) is -3.87. The summed E-state index contributed by atoms with van der Waals surface area (Å²) in [6.45, 7) is 5.19. The fraction of sp³-hybridized carbons (Fsp3) is 1.00. The molecule has 0 atom stereocenters. The van der Waals surface area contributed by atoms with E-state index >= 15 is 0 Å². The van der Waals surface area contributed by atoms with Crippen molar-refractivity contribution in [2.45, 2.75) is 194 Å². The van der Waals surface area contributed by atoms with E-state index in [9.17, 15) is 9.46 Å². The van der Waals surface area contributed by atoms with Crippen LogP contribution in [0, 0.1) is 0 Å². The maximum absolute atomic E-state index is 12.0. The van der Waals surface area contributed by atoms with Crippen LogP contribution in [-0.4, -0.2) is 55.8 Å². The van der Waals surface area contributed by atoms with Gasteiger partial charge in [0.2, 0.25) is 0 Å². The second kappa shape index (κ2) is 34.6. The molecule has 0 rings (SSSR count). The minimum atomic E-state index is -3.87. The Bertz CT molecular complexity index is 440. The molecule has 38 heavy (non-hydrogen) atoms. The van der Waals surface area contributed by atoms with E-state index in [1.165, 1.54) is 154 Å². The van der Waals surface area contributed by atoms with Crippen LogP contribution in [0.5, 0.6) is 0 Å². The Morgan fingerprint density at radius 2 is 0.579 bits per heavy atom. The van der Waals surface area contributed by atoms with Gasteiger partial charge < -0.3 is 4.89 Å². The first-order chi connectivity index (χ1) is 18.1. The Morgan fingerprint density at radius 1 is 0.395 bits per heavy atom. The van der Waals surface area contributed by atoms with E-state index in [4.69, 9.17) is 9.05 Å². The van der Waals surface area contributed by atoms with E-state index in [2.05, 4.69) is 13.8 Å². The molecule has 0 aliphatic heterocycles. The van der Waals surface area contributed by atoms with Crippen LogP contribution in [0.25, 0.3) is 0 Å². The molecule has 0 saturated heterocycles. The second-order valence-corrected chi connectivity index (χ2v) is 12.8. The maximum atomic E-state index is 12.0. The van der Waals surface area contributed by atoms with E-state index in [1.54, 1.807) is 0 Å². The van der Waals surface area contributed by atoms with E-state index in [-0.39, 0.29) is 37.7 Å². The summed E-state index contributed by atoms with van der Waals surface area (Å²) in [4.78, 5) is 9.83. The van der Waals surface area contributed by atoms with Gasteiger partial charge in [-0.15, -0.1) is 0 Å². The number of phosphoric acid groups is 1. The summed E-state index contributed by atoms with van der Waals surface area (Å²) < 4.78 is 22.3. The number of rotatable bonds is 32. The third-order valence-corrected chi connectivity index (χ3v) is 8.52. The predicted molar refractivity (Wildman–Crippen MR) is 171 cm³/mol.